The number of pyridine rings is 2. The van der Waals surface area contributed by atoms with Crippen molar-refractivity contribution in [3.8, 4) is 34.9 Å². The number of fused-ring (bicyclic) bond motifs is 1. The molecule has 8 nitrogen and oxygen atoms in total. The predicted octanol–water partition coefficient (Wildman–Crippen LogP) is 2.49. The first-order valence-electron chi connectivity index (χ1n) is 10.3. The molecule has 0 amide bonds. The monoisotopic (exact) mass is 423 g/mol. The number of hydrogen-bond donors (Lipinski definition) is 0. The average molecular weight is 423 g/mol. The summed E-state index contributed by atoms with van der Waals surface area (Å²) in [7, 11) is 3.49. The lowest BCUT2D eigenvalue weighted by Crippen LogP contribution is -2.45. The Kier molecular flexibility index (Phi) is 5.06. The van der Waals surface area contributed by atoms with E-state index in [0.717, 1.165) is 41.8 Å². The van der Waals surface area contributed by atoms with Crippen LogP contribution in [0.1, 0.15) is 16.8 Å². The molecule has 1 saturated heterocycles. The fourth-order valence-corrected chi connectivity index (χ4v) is 3.83. The standard InChI is InChI=1S/C24H21N7O/c1-29-15-20(11-27-29)19-5-7-23-21(9-25)22(28-31(23)16-19)6-3-18-13-30(14-18)12-17-4-8-24(32-2)26-10-17/h4-5,7-8,10-11,15-16,18H,12-14H2,1-2H3. The molecular weight excluding hydrogens is 402 g/mol. The van der Waals surface area contributed by atoms with Crippen molar-refractivity contribution in [3.05, 3.63) is 65.9 Å². The first kappa shape index (κ1) is 19.8. The van der Waals surface area contributed by atoms with Crippen LogP contribution in [0.5, 0.6) is 5.88 Å². The molecule has 0 atom stereocenters. The Morgan fingerprint density at radius 2 is 2.00 bits per heavy atom. The van der Waals surface area contributed by atoms with Gasteiger partial charge in [-0.1, -0.05) is 18.1 Å². The fraction of sp³-hybridized carbons (Fsp3) is 0.250. The van der Waals surface area contributed by atoms with E-state index in [0.29, 0.717) is 17.1 Å². The molecule has 0 unspecified atom stereocenters. The Morgan fingerprint density at radius 3 is 2.69 bits per heavy atom. The summed E-state index contributed by atoms with van der Waals surface area (Å²) >= 11 is 0. The minimum absolute atomic E-state index is 0.267. The van der Waals surface area contributed by atoms with Crippen molar-refractivity contribution in [3.63, 3.8) is 0 Å². The molecule has 4 aromatic heterocycles. The number of methoxy groups -OCH3 is 1. The summed E-state index contributed by atoms with van der Waals surface area (Å²) in [5.74, 6) is 7.32. The summed E-state index contributed by atoms with van der Waals surface area (Å²) in [4.78, 5) is 6.56. The molecule has 32 heavy (non-hydrogen) atoms. The van der Waals surface area contributed by atoms with Crippen molar-refractivity contribution in [2.75, 3.05) is 20.2 Å². The highest BCUT2D eigenvalue weighted by Gasteiger charge is 2.25. The number of aryl methyl sites for hydroxylation is 1. The van der Waals surface area contributed by atoms with Gasteiger partial charge in [-0.05, 0) is 17.6 Å². The van der Waals surface area contributed by atoms with Gasteiger partial charge in [0.25, 0.3) is 0 Å². The molecule has 0 saturated carbocycles. The van der Waals surface area contributed by atoms with Crippen LogP contribution in [0.25, 0.3) is 16.6 Å². The molecule has 4 aromatic rings. The molecule has 1 fully saturated rings. The Morgan fingerprint density at radius 1 is 1.12 bits per heavy atom. The molecule has 0 bridgehead atoms. The van der Waals surface area contributed by atoms with Gasteiger partial charge in [0.15, 0.2) is 5.69 Å². The Hall–Kier alpha value is -4.14. The lowest BCUT2D eigenvalue weighted by atomic mass is 10.00. The van der Waals surface area contributed by atoms with Crippen molar-refractivity contribution in [1.29, 1.82) is 5.26 Å². The van der Waals surface area contributed by atoms with E-state index in [1.165, 1.54) is 0 Å². The minimum atomic E-state index is 0.267. The lowest BCUT2D eigenvalue weighted by Gasteiger charge is -2.36. The van der Waals surface area contributed by atoms with Crippen molar-refractivity contribution < 1.29 is 4.74 Å². The molecule has 1 aliphatic rings. The summed E-state index contributed by atoms with van der Waals surface area (Å²) in [5, 5.41) is 18.5. The van der Waals surface area contributed by atoms with E-state index in [2.05, 4.69) is 38.0 Å². The molecule has 1 aliphatic heterocycles. The van der Waals surface area contributed by atoms with Crippen LogP contribution < -0.4 is 4.74 Å². The van der Waals surface area contributed by atoms with Crippen LogP contribution in [0.3, 0.4) is 0 Å². The molecule has 8 heteroatoms. The highest BCUT2D eigenvalue weighted by molar-refractivity contribution is 5.70. The van der Waals surface area contributed by atoms with Gasteiger partial charge < -0.3 is 4.74 Å². The second-order valence-corrected chi connectivity index (χ2v) is 7.85. The maximum atomic E-state index is 9.67. The fourth-order valence-electron chi connectivity index (χ4n) is 3.83. The van der Waals surface area contributed by atoms with Crippen molar-refractivity contribution in [2.24, 2.45) is 13.0 Å². The van der Waals surface area contributed by atoms with E-state index >= 15 is 0 Å². The smallest absolute Gasteiger partial charge is 0.212 e. The molecule has 5 rings (SSSR count). The van der Waals surface area contributed by atoms with E-state index in [4.69, 9.17) is 4.74 Å². The number of ether oxygens (including phenoxy) is 1. The molecule has 0 radical (unpaired) electrons. The first-order valence-corrected chi connectivity index (χ1v) is 10.3. The van der Waals surface area contributed by atoms with E-state index in [1.807, 2.05) is 49.9 Å². The number of likely N-dealkylation sites (tertiary alicyclic amines) is 1. The molecule has 158 valence electrons. The van der Waals surface area contributed by atoms with Crippen molar-refractivity contribution >= 4 is 5.52 Å². The lowest BCUT2D eigenvalue weighted by molar-refractivity contribution is 0.128. The van der Waals surface area contributed by atoms with Gasteiger partial charge in [-0.25, -0.2) is 9.50 Å². The van der Waals surface area contributed by atoms with Gasteiger partial charge in [0.05, 0.1) is 18.8 Å². The first-order chi connectivity index (χ1) is 15.6. The maximum absolute atomic E-state index is 9.67. The summed E-state index contributed by atoms with van der Waals surface area (Å²) in [6, 6.07) is 10.1. The van der Waals surface area contributed by atoms with Gasteiger partial charge in [0, 0.05) is 68.4 Å². The van der Waals surface area contributed by atoms with Crippen molar-refractivity contribution in [2.45, 2.75) is 6.54 Å². The van der Waals surface area contributed by atoms with Gasteiger partial charge in [0.1, 0.15) is 11.6 Å². The Balaban J connectivity index is 1.29. The Bertz CT molecular complexity index is 1380. The zero-order valence-electron chi connectivity index (χ0n) is 17.9. The number of aromatic nitrogens is 5. The van der Waals surface area contributed by atoms with Crippen LogP contribution in [0, 0.1) is 29.1 Å². The largest absolute Gasteiger partial charge is 0.481 e. The zero-order chi connectivity index (χ0) is 22.1. The molecule has 0 N–H and O–H groups in total. The maximum Gasteiger partial charge on any atom is 0.212 e. The third kappa shape index (κ3) is 3.80. The van der Waals surface area contributed by atoms with Crippen LogP contribution >= 0.6 is 0 Å². The van der Waals surface area contributed by atoms with E-state index in [1.54, 1.807) is 22.5 Å². The number of nitrogens with zero attached hydrogens (tertiary/aromatic N) is 7. The van der Waals surface area contributed by atoms with Crippen LogP contribution in [0.15, 0.2) is 49.1 Å². The normalized spacial score (nSPS) is 13.9. The third-order valence-electron chi connectivity index (χ3n) is 5.54. The number of hydrogen-bond acceptors (Lipinski definition) is 6. The van der Waals surface area contributed by atoms with Gasteiger partial charge in [-0.2, -0.15) is 15.5 Å². The van der Waals surface area contributed by atoms with Crippen LogP contribution in [0.4, 0.5) is 0 Å². The van der Waals surface area contributed by atoms with Gasteiger partial charge in [-0.3, -0.25) is 9.58 Å². The van der Waals surface area contributed by atoms with Crippen LogP contribution in [0.2, 0.25) is 0 Å². The molecule has 5 heterocycles. The van der Waals surface area contributed by atoms with E-state index in [-0.39, 0.29) is 5.92 Å². The Labute approximate surface area is 185 Å². The van der Waals surface area contributed by atoms with Crippen molar-refractivity contribution in [1.82, 2.24) is 29.3 Å². The molecule has 0 aliphatic carbocycles. The van der Waals surface area contributed by atoms with Gasteiger partial charge in [-0.15, -0.1) is 0 Å². The summed E-state index contributed by atoms with van der Waals surface area (Å²) < 4.78 is 8.59. The quantitative estimate of drug-likeness (QED) is 0.469. The van der Waals surface area contributed by atoms with Gasteiger partial charge in [0.2, 0.25) is 5.88 Å². The van der Waals surface area contributed by atoms with E-state index < -0.39 is 0 Å². The minimum Gasteiger partial charge on any atom is -0.481 e. The summed E-state index contributed by atoms with van der Waals surface area (Å²) in [5.41, 5.74) is 4.92. The third-order valence-corrected chi connectivity index (χ3v) is 5.54. The summed E-state index contributed by atoms with van der Waals surface area (Å²) in [6.45, 7) is 2.61. The molecule has 0 aromatic carbocycles. The van der Waals surface area contributed by atoms with Crippen LogP contribution in [-0.4, -0.2) is 49.5 Å². The highest BCUT2D eigenvalue weighted by Crippen LogP contribution is 2.23. The molecular formula is C24H21N7O. The predicted molar refractivity (Wildman–Crippen MR) is 119 cm³/mol. The SMILES string of the molecule is COc1ccc(CN2CC(C#Cc3nn4cc(-c5cnn(C)c5)ccc4c3C#N)C2)cn1. The van der Waals surface area contributed by atoms with Gasteiger partial charge >= 0.3 is 0 Å². The molecule has 0 spiro atoms. The zero-order valence-corrected chi connectivity index (χ0v) is 17.9. The number of rotatable bonds is 4. The topological polar surface area (TPSA) is 84.3 Å². The average Bonchev–Trinajstić information content (AvgIpc) is 3.37. The second kappa shape index (κ2) is 8.18. The second-order valence-electron chi connectivity index (χ2n) is 7.85. The number of nitriles is 1. The highest BCUT2D eigenvalue weighted by atomic mass is 16.5. The van der Waals surface area contributed by atoms with Crippen LogP contribution in [-0.2, 0) is 13.6 Å². The van der Waals surface area contributed by atoms with E-state index in [9.17, 15) is 5.26 Å². The summed E-state index contributed by atoms with van der Waals surface area (Å²) in [6.07, 6.45) is 7.50.